The minimum atomic E-state index is -0.182. The van der Waals surface area contributed by atoms with Crippen molar-refractivity contribution in [3.05, 3.63) is 22.8 Å². The number of nitrogens with two attached hydrogens (primary N) is 1. The van der Waals surface area contributed by atoms with E-state index >= 15 is 0 Å². The molecule has 1 rings (SSSR count). The molecule has 18 heavy (non-hydrogen) atoms. The molecule has 1 aromatic carbocycles. The second-order valence-corrected chi connectivity index (χ2v) is 4.20. The molecule has 0 fully saturated rings. The predicted octanol–water partition coefficient (Wildman–Crippen LogP) is 1.20. The Kier molecular flexibility index (Phi) is 4.55. The van der Waals surface area contributed by atoms with Gasteiger partial charge in [0.25, 0.3) is 0 Å². The lowest BCUT2D eigenvalue weighted by Crippen LogP contribution is -2.34. The van der Waals surface area contributed by atoms with E-state index in [0.717, 1.165) is 27.4 Å². The monoisotopic (exact) mass is 252 g/mol. The molecule has 5 heteroatoms. The summed E-state index contributed by atoms with van der Waals surface area (Å²) in [5.74, 6) is 6.70. The Hall–Kier alpha value is -1.75. The van der Waals surface area contributed by atoms with Crippen molar-refractivity contribution in [2.75, 3.05) is 21.3 Å². The maximum Gasteiger partial charge on any atom is 0.240 e. The Bertz CT molecular complexity index is 456. The molecule has 2 N–H and O–H groups in total. The van der Waals surface area contributed by atoms with Crippen LogP contribution in [-0.4, -0.2) is 32.2 Å². The molecule has 0 heterocycles. The maximum atomic E-state index is 11.7. The fraction of sp³-hybridized carbons (Fsp3) is 0.462. The number of methoxy groups -OCH3 is 2. The summed E-state index contributed by atoms with van der Waals surface area (Å²) in [5.41, 5.74) is 2.76. The third kappa shape index (κ3) is 2.73. The fourth-order valence-electron chi connectivity index (χ4n) is 1.84. The molecule has 0 aliphatic rings. The lowest BCUT2D eigenvalue weighted by molar-refractivity contribution is -0.129. The van der Waals surface area contributed by atoms with Gasteiger partial charge < -0.3 is 9.47 Å². The molecule has 100 valence electrons. The molecule has 0 saturated carbocycles. The fourth-order valence-corrected chi connectivity index (χ4v) is 1.84. The molecule has 0 saturated heterocycles. The van der Waals surface area contributed by atoms with E-state index in [1.54, 1.807) is 14.2 Å². The van der Waals surface area contributed by atoms with Crippen LogP contribution in [0.25, 0.3) is 0 Å². The molecule has 0 aliphatic carbocycles. The van der Waals surface area contributed by atoms with Gasteiger partial charge in [-0.2, -0.15) is 0 Å². The average Bonchev–Trinajstić information content (AvgIpc) is 2.33. The highest BCUT2D eigenvalue weighted by molar-refractivity contribution is 5.79. The first-order chi connectivity index (χ1) is 8.42. The molecule has 0 radical (unpaired) electrons. The van der Waals surface area contributed by atoms with Crippen LogP contribution in [0.4, 0.5) is 0 Å². The Morgan fingerprint density at radius 1 is 1.28 bits per heavy atom. The molecule has 0 unspecified atom stereocenters. The molecule has 0 bridgehead atoms. The van der Waals surface area contributed by atoms with Crippen LogP contribution >= 0.6 is 0 Å². The van der Waals surface area contributed by atoms with Crippen molar-refractivity contribution in [2.45, 2.75) is 20.3 Å². The summed E-state index contributed by atoms with van der Waals surface area (Å²) in [4.78, 5) is 11.7. The number of hydrogen-bond acceptors (Lipinski definition) is 4. The van der Waals surface area contributed by atoms with Gasteiger partial charge in [0.15, 0.2) is 0 Å². The Morgan fingerprint density at radius 2 is 1.89 bits per heavy atom. The highest BCUT2D eigenvalue weighted by Gasteiger charge is 2.17. The van der Waals surface area contributed by atoms with Crippen LogP contribution in [0.5, 0.6) is 11.5 Å². The van der Waals surface area contributed by atoms with E-state index in [-0.39, 0.29) is 12.3 Å². The lowest BCUT2D eigenvalue weighted by atomic mass is 10.0. The van der Waals surface area contributed by atoms with Crippen molar-refractivity contribution in [1.82, 2.24) is 5.01 Å². The van der Waals surface area contributed by atoms with Crippen LogP contribution in [-0.2, 0) is 11.2 Å². The minimum Gasteiger partial charge on any atom is -0.496 e. The van der Waals surface area contributed by atoms with Gasteiger partial charge in [0.2, 0.25) is 5.91 Å². The second-order valence-electron chi connectivity index (χ2n) is 4.20. The lowest BCUT2D eigenvalue weighted by Gasteiger charge is -2.17. The number of benzene rings is 1. The van der Waals surface area contributed by atoms with Crippen molar-refractivity contribution in [2.24, 2.45) is 5.84 Å². The molecule has 0 aliphatic heterocycles. The smallest absolute Gasteiger partial charge is 0.240 e. The van der Waals surface area contributed by atoms with E-state index in [4.69, 9.17) is 15.3 Å². The standard InChI is InChI=1S/C13H20N2O3/c1-8-9(2)13(18-5)10(6-11(8)17-4)7-12(16)15(3)14/h6H,7,14H2,1-5H3. The first-order valence-electron chi connectivity index (χ1n) is 5.64. The Morgan fingerprint density at radius 3 is 2.33 bits per heavy atom. The predicted molar refractivity (Wildman–Crippen MR) is 69.7 cm³/mol. The van der Waals surface area contributed by atoms with Gasteiger partial charge in [-0.3, -0.25) is 9.80 Å². The topological polar surface area (TPSA) is 64.8 Å². The van der Waals surface area contributed by atoms with Crippen LogP contribution in [0.3, 0.4) is 0 Å². The Labute approximate surface area is 107 Å². The summed E-state index contributed by atoms with van der Waals surface area (Å²) >= 11 is 0. The number of nitrogens with zero attached hydrogens (tertiary/aromatic N) is 1. The van der Waals surface area contributed by atoms with Crippen LogP contribution in [0.15, 0.2) is 6.07 Å². The maximum absolute atomic E-state index is 11.7. The van der Waals surface area contributed by atoms with Crippen LogP contribution in [0.2, 0.25) is 0 Å². The van der Waals surface area contributed by atoms with Crippen molar-refractivity contribution < 1.29 is 14.3 Å². The zero-order valence-corrected chi connectivity index (χ0v) is 11.5. The van der Waals surface area contributed by atoms with E-state index in [2.05, 4.69) is 0 Å². The SMILES string of the molecule is COc1cc(CC(=O)N(C)N)c(OC)c(C)c1C. The van der Waals surface area contributed by atoms with E-state index in [9.17, 15) is 4.79 Å². The average molecular weight is 252 g/mol. The molecular weight excluding hydrogens is 232 g/mol. The van der Waals surface area contributed by atoms with Gasteiger partial charge in [0.1, 0.15) is 11.5 Å². The number of hydrazine groups is 1. The summed E-state index contributed by atoms with van der Waals surface area (Å²) in [6, 6.07) is 1.82. The summed E-state index contributed by atoms with van der Waals surface area (Å²) in [5, 5.41) is 1.07. The number of likely N-dealkylation sites (N-methyl/N-ethyl adjacent to an activating group) is 1. The normalized spacial score (nSPS) is 10.1. The number of rotatable bonds is 4. The van der Waals surface area contributed by atoms with E-state index in [0.29, 0.717) is 5.75 Å². The van der Waals surface area contributed by atoms with E-state index in [1.807, 2.05) is 19.9 Å². The van der Waals surface area contributed by atoms with Crippen molar-refractivity contribution in [3.63, 3.8) is 0 Å². The first-order valence-corrected chi connectivity index (χ1v) is 5.64. The van der Waals surface area contributed by atoms with Crippen molar-refractivity contribution in [3.8, 4) is 11.5 Å². The number of carbonyl (C=O) groups excluding carboxylic acids is 1. The largest absolute Gasteiger partial charge is 0.496 e. The minimum absolute atomic E-state index is 0.182. The van der Waals surface area contributed by atoms with E-state index in [1.165, 1.54) is 7.05 Å². The highest BCUT2D eigenvalue weighted by Crippen LogP contribution is 2.33. The number of carbonyl (C=O) groups is 1. The Balaban J connectivity index is 3.25. The van der Waals surface area contributed by atoms with E-state index < -0.39 is 0 Å². The summed E-state index contributed by atoms with van der Waals surface area (Å²) in [7, 11) is 4.72. The molecule has 1 aromatic rings. The van der Waals surface area contributed by atoms with Crippen LogP contribution < -0.4 is 15.3 Å². The summed E-state index contributed by atoms with van der Waals surface area (Å²) < 4.78 is 10.7. The van der Waals surface area contributed by atoms with Gasteiger partial charge in [0.05, 0.1) is 20.6 Å². The molecule has 0 atom stereocenters. The molecule has 0 spiro atoms. The van der Waals surface area contributed by atoms with Gasteiger partial charge in [0, 0.05) is 12.6 Å². The molecule has 1 amide bonds. The van der Waals surface area contributed by atoms with Crippen molar-refractivity contribution in [1.29, 1.82) is 0 Å². The number of hydrogen-bond donors (Lipinski definition) is 1. The summed E-state index contributed by atoms with van der Waals surface area (Å²) in [6.07, 6.45) is 0.188. The first kappa shape index (κ1) is 14.3. The van der Waals surface area contributed by atoms with Crippen LogP contribution in [0.1, 0.15) is 16.7 Å². The summed E-state index contributed by atoms with van der Waals surface area (Å²) in [6.45, 7) is 3.90. The van der Waals surface area contributed by atoms with Gasteiger partial charge in [-0.15, -0.1) is 0 Å². The molecular formula is C13H20N2O3. The van der Waals surface area contributed by atoms with Gasteiger partial charge >= 0.3 is 0 Å². The van der Waals surface area contributed by atoms with Crippen LogP contribution in [0, 0.1) is 13.8 Å². The number of amides is 1. The van der Waals surface area contributed by atoms with Gasteiger partial charge in [-0.1, -0.05) is 0 Å². The van der Waals surface area contributed by atoms with Gasteiger partial charge in [-0.05, 0) is 31.0 Å². The third-order valence-electron chi connectivity index (χ3n) is 3.03. The zero-order chi connectivity index (χ0) is 13.9. The van der Waals surface area contributed by atoms with Crippen molar-refractivity contribution >= 4 is 5.91 Å². The highest BCUT2D eigenvalue weighted by atomic mass is 16.5. The molecule has 5 nitrogen and oxygen atoms in total. The third-order valence-corrected chi connectivity index (χ3v) is 3.03. The number of ether oxygens (including phenoxy) is 2. The van der Waals surface area contributed by atoms with Gasteiger partial charge in [-0.25, -0.2) is 5.84 Å². The second kappa shape index (κ2) is 5.73. The quantitative estimate of drug-likeness (QED) is 0.497. The molecule has 0 aromatic heterocycles. The zero-order valence-electron chi connectivity index (χ0n) is 11.5.